The van der Waals surface area contributed by atoms with Crippen molar-refractivity contribution in [1.82, 2.24) is 0 Å². The number of esters is 1. The Hall–Kier alpha value is -0.0900. The number of rotatable bonds is 8. The van der Waals surface area contributed by atoms with E-state index in [9.17, 15) is 4.79 Å². The maximum absolute atomic E-state index is 11.5. The van der Waals surface area contributed by atoms with E-state index in [1.165, 1.54) is 19.3 Å². The van der Waals surface area contributed by atoms with Crippen LogP contribution in [-0.4, -0.2) is 17.2 Å². The zero-order chi connectivity index (χ0) is 12.5. The van der Waals surface area contributed by atoms with Crippen molar-refractivity contribution < 1.29 is 9.53 Å². The number of carbonyl (C=O) groups excluding carboxylic acids is 1. The minimum atomic E-state index is -0.0532. The van der Waals surface area contributed by atoms with E-state index in [1.807, 2.05) is 10.8 Å². The minimum Gasteiger partial charge on any atom is -0.466 e. The van der Waals surface area contributed by atoms with Gasteiger partial charge in [-0.25, -0.2) is 0 Å². The van der Waals surface area contributed by atoms with Gasteiger partial charge in [-0.1, -0.05) is 33.1 Å². The fraction of sp³-hybridized carbons (Fsp3) is 0.769. The maximum atomic E-state index is 11.5. The fourth-order valence-electron chi connectivity index (χ4n) is 1.58. The summed E-state index contributed by atoms with van der Waals surface area (Å²) < 4.78 is 5.55. The monoisotopic (exact) mass is 274 g/mol. The highest BCUT2D eigenvalue weighted by Gasteiger charge is 2.16. The Morgan fingerprint density at radius 2 is 1.94 bits per heavy atom. The van der Waals surface area contributed by atoms with E-state index in [1.54, 1.807) is 23.5 Å². The molecule has 0 aromatic rings. The van der Waals surface area contributed by atoms with Crippen LogP contribution in [0.5, 0.6) is 0 Å². The molecule has 0 aromatic carbocycles. The molecule has 17 heavy (non-hydrogen) atoms. The molecule has 0 saturated heterocycles. The summed E-state index contributed by atoms with van der Waals surface area (Å²) in [5.41, 5.74) is 0. The molecule has 0 aromatic heterocycles. The van der Waals surface area contributed by atoms with Gasteiger partial charge in [0.1, 0.15) is 0 Å². The lowest BCUT2D eigenvalue weighted by molar-refractivity contribution is -0.143. The normalized spacial score (nSPS) is 15.7. The Morgan fingerprint density at radius 3 is 2.59 bits per heavy atom. The van der Waals surface area contributed by atoms with Crippen molar-refractivity contribution in [1.29, 1.82) is 0 Å². The molecule has 1 heterocycles. The molecular formula is C13H22O2S2. The second-order valence-corrected chi connectivity index (χ2v) is 7.17. The smallest absolute Gasteiger partial charge is 0.307 e. The zero-order valence-corrected chi connectivity index (χ0v) is 12.3. The molecule has 0 amide bonds. The third kappa shape index (κ3) is 7.77. The van der Waals surface area contributed by atoms with E-state index in [2.05, 4.69) is 13.8 Å². The van der Waals surface area contributed by atoms with Gasteiger partial charge in [0.25, 0.3) is 0 Å². The minimum absolute atomic E-state index is 0.0532. The lowest BCUT2D eigenvalue weighted by Crippen LogP contribution is -2.10. The SMILES string of the molecule is CC(C)CCCCCOC(=O)CC1SC=CS1. The van der Waals surface area contributed by atoms with E-state index in [4.69, 9.17) is 4.74 Å². The average Bonchev–Trinajstić information content (AvgIpc) is 2.75. The van der Waals surface area contributed by atoms with Crippen molar-refractivity contribution in [2.45, 2.75) is 50.5 Å². The molecule has 0 radical (unpaired) electrons. The van der Waals surface area contributed by atoms with Gasteiger partial charge in [-0.2, -0.15) is 0 Å². The molecule has 2 nitrogen and oxygen atoms in total. The average molecular weight is 274 g/mol. The maximum Gasteiger partial charge on any atom is 0.307 e. The summed E-state index contributed by atoms with van der Waals surface area (Å²) in [6.45, 7) is 5.07. The Kier molecular flexibility index (Phi) is 7.86. The van der Waals surface area contributed by atoms with Crippen molar-refractivity contribution in [3.63, 3.8) is 0 Å². The highest BCUT2D eigenvalue weighted by Crippen LogP contribution is 2.35. The number of carbonyl (C=O) groups is 1. The molecule has 1 aliphatic heterocycles. The lowest BCUT2D eigenvalue weighted by atomic mass is 10.1. The summed E-state index contributed by atoms with van der Waals surface area (Å²) in [5, 5.41) is 4.07. The molecular weight excluding hydrogens is 252 g/mol. The van der Waals surface area contributed by atoms with E-state index < -0.39 is 0 Å². The lowest BCUT2D eigenvalue weighted by Gasteiger charge is -2.08. The molecule has 0 N–H and O–H groups in total. The Morgan fingerprint density at radius 1 is 1.24 bits per heavy atom. The molecule has 0 fully saturated rings. The van der Waals surface area contributed by atoms with Crippen LogP contribution >= 0.6 is 23.5 Å². The summed E-state index contributed by atoms with van der Waals surface area (Å²) in [7, 11) is 0. The van der Waals surface area contributed by atoms with Gasteiger partial charge in [0.2, 0.25) is 0 Å². The van der Waals surface area contributed by atoms with Gasteiger partial charge in [0.05, 0.1) is 17.6 Å². The first-order valence-electron chi connectivity index (χ1n) is 6.30. The van der Waals surface area contributed by atoms with Gasteiger partial charge in [-0.05, 0) is 23.2 Å². The van der Waals surface area contributed by atoms with Crippen LogP contribution in [-0.2, 0) is 9.53 Å². The van der Waals surface area contributed by atoms with Crippen molar-refractivity contribution >= 4 is 29.5 Å². The Bertz CT molecular complexity index is 244. The summed E-state index contributed by atoms with van der Waals surface area (Å²) in [6.07, 6.45) is 5.21. The summed E-state index contributed by atoms with van der Waals surface area (Å²) in [6, 6.07) is 0. The van der Waals surface area contributed by atoms with Crippen LogP contribution in [0.2, 0.25) is 0 Å². The van der Waals surface area contributed by atoms with Crippen molar-refractivity contribution in [2.75, 3.05) is 6.61 Å². The molecule has 0 saturated carbocycles. The van der Waals surface area contributed by atoms with Gasteiger partial charge in [-0.3, -0.25) is 4.79 Å². The van der Waals surface area contributed by atoms with E-state index in [0.29, 0.717) is 17.6 Å². The molecule has 0 bridgehead atoms. The van der Waals surface area contributed by atoms with E-state index in [-0.39, 0.29) is 5.97 Å². The van der Waals surface area contributed by atoms with Crippen LogP contribution < -0.4 is 0 Å². The molecule has 0 atom stereocenters. The third-order valence-electron chi connectivity index (χ3n) is 2.54. The van der Waals surface area contributed by atoms with Gasteiger partial charge in [0, 0.05) is 0 Å². The van der Waals surface area contributed by atoms with Crippen LogP contribution in [0.25, 0.3) is 0 Å². The number of thioether (sulfide) groups is 2. The number of unbranched alkanes of at least 4 members (excludes halogenated alkanes) is 2. The summed E-state index contributed by atoms with van der Waals surface area (Å²) >= 11 is 3.41. The van der Waals surface area contributed by atoms with Crippen LogP contribution in [0.4, 0.5) is 0 Å². The van der Waals surface area contributed by atoms with Crippen molar-refractivity contribution in [2.24, 2.45) is 5.92 Å². The number of hydrogen-bond acceptors (Lipinski definition) is 4. The first-order chi connectivity index (χ1) is 8.18. The second kappa shape index (κ2) is 8.92. The Balaban J connectivity index is 1.90. The zero-order valence-electron chi connectivity index (χ0n) is 10.7. The van der Waals surface area contributed by atoms with E-state index in [0.717, 1.165) is 12.3 Å². The summed E-state index contributed by atoms with van der Waals surface area (Å²) in [4.78, 5) is 11.5. The quantitative estimate of drug-likeness (QED) is 0.483. The van der Waals surface area contributed by atoms with Crippen molar-refractivity contribution in [3.8, 4) is 0 Å². The molecule has 4 heteroatoms. The summed E-state index contributed by atoms with van der Waals surface area (Å²) in [5.74, 6) is 0.726. The molecule has 1 rings (SSSR count). The van der Waals surface area contributed by atoms with E-state index >= 15 is 0 Å². The topological polar surface area (TPSA) is 26.3 Å². The predicted molar refractivity (Wildman–Crippen MR) is 77.0 cm³/mol. The fourth-order valence-corrected chi connectivity index (χ4v) is 3.55. The van der Waals surface area contributed by atoms with Gasteiger partial charge in [-0.15, -0.1) is 23.5 Å². The van der Waals surface area contributed by atoms with Gasteiger partial charge in [0.15, 0.2) is 0 Å². The second-order valence-electron chi connectivity index (χ2n) is 4.64. The molecule has 0 unspecified atom stereocenters. The molecule has 0 spiro atoms. The van der Waals surface area contributed by atoms with Crippen molar-refractivity contribution in [3.05, 3.63) is 10.8 Å². The molecule has 1 aliphatic rings. The largest absolute Gasteiger partial charge is 0.466 e. The van der Waals surface area contributed by atoms with Crippen LogP contribution in [0, 0.1) is 5.92 Å². The standard InChI is InChI=1S/C13H22O2S2/c1-11(2)6-4-3-5-7-15-12(14)10-13-16-8-9-17-13/h8-9,11,13H,3-7,10H2,1-2H3. The van der Waals surface area contributed by atoms with Crippen LogP contribution in [0.1, 0.15) is 46.0 Å². The van der Waals surface area contributed by atoms with Crippen LogP contribution in [0.3, 0.4) is 0 Å². The number of ether oxygens (including phenoxy) is 1. The molecule has 98 valence electrons. The highest BCUT2D eigenvalue weighted by molar-refractivity contribution is 8.22. The predicted octanol–water partition coefficient (Wildman–Crippen LogP) is 4.41. The highest BCUT2D eigenvalue weighted by atomic mass is 32.2. The third-order valence-corrected chi connectivity index (χ3v) is 4.90. The van der Waals surface area contributed by atoms with Gasteiger partial charge < -0.3 is 4.74 Å². The first kappa shape index (κ1) is 15.0. The Labute approximate surface area is 113 Å². The molecule has 0 aliphatic carbocycles. The van der Waals surface area contributed by atoms with Crippen LogP contribution in [0.15, 0.2) is 10.8 Å². The van der Waals surface area contributed by atoms with Gasteiger partial charge >= 0.3 is 5.97 Å². The first-order valence-corrected chi connectivity index (χ1v) is 8.18. The number of hydrogen-bond donors (Lipinski definition) is 0.